The van der Waals surface area contributed by atoms with E-state index >= 15 is 0 Å². The fourth-order valence-corrected chi connectivity index (χ4v) is 6.16. The standard InChI is InChI=1S/C31H32N2O5/c34-30(37-20-29-27-12-6-4-10-25(27)26-11-5-7-13-28(26)29)32-16-22-14-23-18-36-19-24(15-22)33(23)31(35)38-17-21-8-2-1-3-9-21/h1-13,22-24,29H,14-20H2,(H,32,34). The Kier molecular flexibility index (Phi) is 7.01. The topological polar surface area (TPSA) is 77.1 Å². The van der Waals surface area contributed by atoms with Crippen molar-refractivity contribution in [2.75, 3.05) is 26.4 Å². The zero-order valence-electron chi connectivity index (χ0n) is 21.3. The van der Waals surface area contributed by atoms with Crippen molar-refractivity contribution in [1.82, 2.24) is 10.2 Å². The number of hydrogen-bond acceptors (Lipinski definition) is 5. The highest BCUT2D eigenvalue weighted by Crippen LogP contribution is 2.44. The fraction of sp³-hybridized carbons (Fsp3) is 0.355. The summed E-state index contributed by atoms with van der Waals surface area (Å²) in [6, 6.07) is 26.2. The van der Waals surface area contributed by atoms with Gasteiger partial charge in [0.15, 0.2) is 0 Å². The second kappa shape index (κ2) is 10.9. The molecular weight excluding hydrogens is 480 g/mol. The van der Waals surface area contributed by atoms with Crippen LogP contribution in [-0.4, -0.2) is 55.5 Å². The van der Waals surface area contributed by atoms with Crippen molar-refractivity contribution in [2.24, 2.45) is 5.92 Å². The maximum atomic E-state index is 12.9. The first-order chi connectivity index (χ1) is 18.7. The van der Waals surface area contributed by atoms with Gasteiger partial charge in [0.05, 0.1) is 25.3 Å². The lowest BCUT2D eigenvalue weighted by molar-refractivity contribution is -0.0790. The molecule has 2 fully saturated rings. The van der Waals surface area contributed by atoms with E-state index in [1.165, 1.54) is 22.3 Å². The average Bonchev–Trinajstić information content (AvgIpc) is 3.27. The third-order valence-electron chi connectivity index (χ3n) is 7.91. The molecule has 2 amide bonds. The lowest BCUT2D eigenvalue weighted by atomic mass is 9.85. The Hall–Kier alpha value is -3.84. The highest BCUT2D eigenvalue weighted by atomic mass is 16.6. The van der Waals surface area contributed by atoms with E-state index in [2.05, 4.69) is 29.6 Å². The zero-order chi connectivity index (χ0) is 25.9. The van der Waals surface area contributed by atoms with Gasteiger partial charge in [-0.25, -0.2) is 9.59 Å². The van der Waals surface area contributed by atoms with E-state index in [-0.39, 0.29) is 36.6 Å². The smallest absolute Gasteiger partial charge is 0.410 e. The van der Waals surface area contributed by atoms with Gasteiger partial charge in [-0.2, -0.15) is 0 Å². The van der Waals surface area contributed by atoms with Gasteiger partial charge in [0.1, 0.15) is 13.2 Å². The van der Waals surface area contributed by atoms with Gasteiger partial charge in [-0.3, -0.25) is 4.90 Å². The Morgan fingerprint density at radius 3 is 2.08 bits per heavy atom. The maximum Gasteiger partial charge on any atom is 0.410 e. The minimum absolute atomic E-state index is 0.0368. The van der Waals surface area contributed by atoms with Crippen molar-refractivity contribution >= 4 is 12.2 Å². The van der Waals surface area contributed by atoms with Gasteiger partial charge in [0.25, 0.3) is 0 Å². The van der Waals surface area contributed by atoms with Gasteiger partial charge in [0.2, 0.25) is 0 Å². The number of carbonyl (C=O) groups excluding carboxylic acids is 2. The zero-order valence-corrected chi connectivity index (χ0v) is 21.3. The van der Waals surface area contributed by atoms with Gasteiger partial charge in [0, 0.05) is 12.5 Å². The summed E-state index contributed by atoms with van der Waals surface area (Å²) in [4.78, 5) is 27.4. The molecule has 7 heteroatoms. The number of alkyl carbamates (subject to hydrolysis) is 1. The number of amides is 2. The molecule has 2 unspecified atom stereocenters. The molecular formula is C31H32N2O5. The van der Waals surface area contributed by atoms with Crippen LogP contribution in [0.25, 0.3) is 11.1 Å². The number of benzene rings is 3. The van der Waals surface area contributed by atoms with Crippen LogP contribution in [0.2, 0.25) is 0 Å². The third-order valence-corrected chi connectivity index (χ3v) is 7.91. The van der Waals surface area contributed by atoms with Crippen LogP contribution in [0.15, 0.2) is 78.9 Å². The Balaban J connectivity index is 1.01. The number of nitrogens with one attached hydrogen (secondary N) is 1. The molecule has 3 aliphatic rings. The molecule has 2 aliphatic heterocycles. The van der Waals surface area contributed by atoms with Gasteiger partial charge >= 0.3 is 12.2 Å². The summed E-state index contributed by atoms with van der Waals surface area (Å²) >= 11 is 0. The molecule has 2 bridgehead atoms. The van der Waals surface area contributed by atoms with Crippen LogP contribution >= 0.6 is 0 Å². The minimum Gasteiger partial charge on any atom is -0.449 e. The number of carbonyl (C=O) groups is 2. The molecule has 1 N–H and O–H groups in total. The lowest BCUT2D eigenvalue weighted by Crippen LogP contribution is -2.60. The van der Waals surface area contributed by atoms with Crippen LogP contribution < -0.4 is 5.32 Å². The summed E-state index contributed by atoms with van der Waals surface area (Å²) in [7, 11) is 0. The second-order valence-corrected chi connectivity index (χ2v) is 10.3. The van der Waals surface area contributed by atoms with E-state index in [0.29, 0.717) is 26.4 Å². The van der Waals surface area contributed by atoms with Crippen molar-refractivity contribution in [2.45, 2.75) is 37.5 Å². The van der Waals surface area contributed by atoms with Crippen LogP contribution in [-0.2, 0) is 20.8 Å². The molecule has 0 spiro atoms. The molecule has 2 heterocycles. The lowest BCUT2D eigenvalue weighted by Gasteiger charge is -2.47. The van der Waals surface area contributed by atoms with Crippen LogP contribution in [0.3, 0.4) is 0 Å². The van der Waals surface area contributed by atoms with Gasteiger partial charge in [-0.05, 0) is 46.6 Å². The summed E-state index contributed by atoms with van der Waals surface area (Å²) in [5.74, 6) is 0.280. The van der Waals surface area contributed by atoms with E-state index in [4.69, 9.17) is 14.2 Å². The van der Waals surface area contributed by atoms with Crippen LogP contribution in [0.5, 0.6) is 0 Å². The summed E-state index contributed by atoms with van der Waals surface area (Å²) in [5, 5.41) is 2.97. The number of ether oxygens (including phenoxy) is 3. The van der Waals surface area contributed by atoms with E-state index in [1.54, 1.807) is 0 Å². The molecule has 0 saturated carbocycles. The van der Waals surface area contributed by atoms with Gasteiger partial charge in [-0.1, -0.05) is 78.9 Å². The minimum atomic E-state index is -0.405. The number of piperidine rings is 1. The van der Waals surface area contributed by atoms with E-state index < -0.39 is 6.09 Å². The summed E-state index contributed by atoms with van der Waals surface area (Å²) in [6.45, 7) is 2.03. The molecule has 6 rings (SSSR count). The van der Waals surface area contributed by atoms with E-state index in [1.807, 2.05) is 59.5 Å². The van der Waals surface area contributed by atoms with Crippen LogP contribution in [0.4, 0.5) is 9.59 Å². The van der Waals surface area contributed by atoms with Gasteiger partial charge in [-0.15, -0.1) is 0 Å². The summed E-state index contributed by atoms with van der Waals surface area (Å²) in [6.07, 6.45) is 0.800. The van der Waals surface area contributed by atoms with E-state index in [9.17, 15) is 9.59 Å². The molecule has 0 radical (unpaired) electrons. The van der Waals surface area contributed by atoms with Crippen LogP contribution in [0.1, 0.15) is 35.4 Å². The molecule has 2 atom stereocenters. The SMILES string of the molecule is O=C(NCC1CC2COCC(C1)N2C(=O)OCc1ccccc1)OCC1c2ccccc2-c2ccccc21. The largest absolute Gasteiger partial charge is 0.449 e. The molecule has 3 aromatic rings. The van der Waals surface area contributed by atoms with Crippen molar-refractivity contribution < 1.29 is 23.8 Å². The third kappa shape index (κ3) is 4.98. The van der Waals surface area contributed by atoms with Crippen molar-refractivity contribution in [3.05, 3.63) is 95.6 Å². The Morgan fingerprint density at radius 1 is 0.816 bits per heavy atom. The summed E-state index contributed by atoms with van der Waals surface area (Å²) in [5.41, 5.74) is 5.77. The Bertz CT molecular complexity index is 1240. The fourth-order valence-electron chi connectivity index (χ4n) is 6.16. The normalized spacial score (nSPS) is 21.8. The van der Waals surface area contributed by atoms with Crippen LogP contribution in [0, 0.1) is 5.92 Å². The van der Waals surface area contributed by atoms with Gasteiger partial charge < -0.3 is 19.5 Å². The Labute approximate surface area is 222 Å². The molecule has 196 valence electrons. The highest BCUT2D eigenvalue weighted by molar-refractivity contribution is 5.79. The first-order valence-corrected chi connectivity index (χ1v) is 13.3. The van der Waals surface area contributed by atoms with Crippen molar-refractivity contribution in [3.8, 4) is 11.1 Å². The number of hydrogen-bond donors (Lipinski definition) is 1. The summed E-state index contributed by atoms with van der Waals surface area (Å²) < 4.78 is 17.1. The number of morpholine rings is 1. The monoisotopic (exact) mass is 512 g/mol. The molecule has 2 saturated heterocycles. The molecule has 7 nitrogen and oxygen atoms in total. The van der Waals surface area contributed by atoms with E-state index in [0.717, 1.165) is 18.4 Å². The quantitative estimate of drug-likeness (QED) is 0.482. The number of nitrogens with zero attached hydrogens (tertiary/aromatic N) is 1. The molecule has 3 aromatic carbocycles. The second-order valence-electron chi connectivity index (χ2n) is 10.3. The Morgan fingerprint density at radius 2 is 1.42 bits per heavy atom. The number of fused-ring (bicyclic) bond motifs is 5. The predicted octanol–water partition coefficient (Wildman–Crippen LogP) is 5.34. The van der Waals surface area contributed by atoms with Crippen molar-refractivity contribution in [3.63, 3.8) is 0 Å². The first-order valence-electron chi connectivity index (χ1n) is 13.3. The number of rotatable bonds is 6. The van der Waals surface area contributed by atoms with Crippen molar-refractivity contribution in [1.29, 1.82) is 0 Å². The highest BCUT2D eigenvalue weighted by Gasteiger charge is 2.42. The predicted molar refractivity (Wildman–Crippen MR) is 143 cm³/mol. The molecule has 38 heavy (non-hydrogen) atoms. The average molecular weight is 513 g/mol. The molecule has 1 aliphatic carbocycles. The maximum absolute atomic E-state index is 12.9. The molecule has 0 aromatic heterocycles. The first kappa shape index (κ1) is 24.5.